The zero-order chi connectivity index (χ0) is 28.2. The monoisotopic (exact) mass is 572 g/mol. The van der Waals surface area contributed by atoms with Crippen LogP contribution in [-0.4, -0.2) is 42.9 Å². The lowest BCUT2D eigenvalue weighted by Crippen LogP contribution is -2.18. The first kappa shape index (κ1) is 27.7. The van der Waals surface area contributed by atoms with E-state index in [9.17, 15) is 13.6 Å². The fourth-order valence-corrected chi connectivity index (χ4v) is 4.87. The molecule has 11 heteroatoms. The number of halogens is 3. The molecule has 0 atom stereocenters. The van der Waals surface area contributed by atoms with Crippen molar-refractivity contribution in [1.29, 1.82) is 0 Å². The molecule has 1 aliphatic carbocycles. The van der Waals surface area contributed by atoms with Gasteiger partial charge in [0.1, 0.15) is 6.61 Å². The molecule has 5 rings (SSSR count). The van der Waals surface area contributed by atoms with Crippen LogP contribution in [0, 0.1) is 23.4 Å². The van der Waals surface area contributed by atoms with Crippen LogP contribution in [0.25, 0.3) is 28.2 Å². The lowest BCUT2D eigenvalue weighted by molar-refractivity contribution is 0.108. The Morgan fingerprint density at radius 1 is 1.10 bits per heavy atom. The third-order valence-corrected chi connectivity index (χ3v) is 7.12. The summed E-state index contributed by atoms with van der Waals surface area (Å²) in [7, 11) is 1.03. The van der Waals surface area contributed by atoms with E-state index in [2.05, 4.69) is 9.72 Å². The molecule has 0 aliphatic heterocycles. The highest BCUT2D eigenvalue weighted by Gasteiger charge is 2.26. The van der Waals surface area contributed by atoms with Gasteiger partial charge in [0.2, 0.25) is 5.82 Å². The molecule has 0 bridgehead atoms. The molecule has 2 aromatic carbocycles. The lowest BCUT2D eigenvalue weighted by atomic mass is 10.0. The molecule has 7 nitrogen and oxygen atoms in total. The van der Waals surface area contributed by atoms with Gasteiger partial charge in [0.05, 0.1) is 31.6 Å². The highest BCUT2D eigenvalue weighted by Crippen LogP contribution is 2.37. The Hall–Kier alpha value is -3.83. The summed E-state index contributed by atoms with van der Waals surface area (Å²) >= 11 is 1.19. The van der Waals surface area contributed by atoms with Gasteiger partial charge in [0.15, 0.2) is 33.8 Å². The van der Waals surface area contributed by atoms with Gasteiger partial charge in [-0.05, 0) is 50.0 Å². The van der Waals surface area contributed by atoms with Crippen molar-refractivity contribution in [2.24, 2.45) is 5.92 Å². The first-order chi connectivity index (χ1) is 19.4. The third-order valence-electron chi connectivity index (χ3n) is 6.36. The fourth-order valence-electron chi connectivity index (χ4n) is 4.16. The number of para-hydroxylation sites is 1. The summed E-state index contributed by atoms with van der Waals surface area (Å²) in [5, 5.41) is 1.64. The van der Waals surface area contributed by atoms with E-state index < -0.39 is 34.3 Å². The van der Waals surface area contributed by atoms with Crippen molar-refractivity contribution in [2.45, 2.75) is 19.8 Å². The predicted octanol–water partition coefficient (Wildman–Crippen LogP) is 6.22. The molecule has 0 radical (unpaired) electrons. The van der Waals surface area contributed by atoms with Crippen molar-refractivity contribution in [1.82, 2.24) is 9.38 Å². The van der Waals surface area contributed by atoms with Crippen molar-refractivity contribution in [2.75, 3.05) is 33.5 Å². The second-order valence-electron chi connectivity index (χ2n) is 9.11. The van der Waals surface area contributed by atoms with E-state index in [0.717, 1.165) is 26.0 Å². The van der Waals surface area contributed by atoms with E-state index in [1.807, 2.05) is 6.92 Å². The molecule has 2 aromatic heterocycles. The van der Waals surface area contributed by atoms with Gasteiger partial charge in [-0.1, -0.05) is 12.1 Å². The molecule has 0 unspecified atom stereocenters. The zero-order valence-corrected chi connectivity index (χ0v) is 22.7. The Morgan fingerprint density at radius 2 is 1.93 bits per heavy atom. The molecule has 0 amide bonds. The van der Waals surface area contributed by atoms with E-state index in [4.69, 9.17) is 14.2 Å². The first-order valence-electron chi connectivity index (χ1n) is 12.8. The van der Waals surface area contributed by atoms with Gasteiger partial charge in [-0.15, -0.1) is 11.3 Å². The summed E-state index contributed by atoms with van der Waals surface area (Å²) in [4.78, 5) is 18.3. The van der Waals surface area contributed by atoms with E-state index in [1.54, 1.807) is 29.7 Å². The van der Waals surface area contributed by atoms with Gasteiger partial charge in [-0.25, -0.2) is 13.8 Å². The Balaban J connectivity index is 1.60. The molecule has 4 aromatic rings. The highest BCUT2D eigenvalue weighted by atomic mass is 32.1. The number of ether oxygens (including phenoxy) is 4. The van der Waals surface area contributed by atoms with Crippen LogP contribution in [0.5, 0.6) is 17.2 Å². The molecule has 40 heavy (non-hydrogen) atoms. The summed E-state index contributed by atoms with van der Waals surface area (Å²) in [5.41, 5.74) is -0.874. The topological polar surface area (TPSA) is 71.3 Å². The molecule has 0 spiro atoms. The van der Waals surface area contributed by atoms with Gasteiger partial charge in [0, 0.05) is 29.3 Å². The number of hydrogen-bond acceptors (Lipinski definition) is 7. The number of rotatable bonds is 12. The smallest absolute Gasteiger partial charge is 0.267 e. The number of aromatic nitrogens is 2. The maximum atomic E-state index is 15.2. The number of fused-ring (bicyclic) bond motifs is 1. The van der Waals surface area contributed by atoms with Crippen LogP contribution in [0.3, 0.4) is 0 Å². The summed E-state index contributed by atoms with van der Waals surface area (Å²) in [6.45, 7) is 3.74. The van der Waals surface area contributed by atoms with E-state index in [-0.39, 0.29) is 11.3 Å². The lowest BCUT2D eigenvalue weighted by Gasteiger charge is -2.15. The van der Waals surface area contributed by atoms with E-state index in [1.165, 1.54) is 28.0 Å². The average Bonchev–Trinajstić information content (AvgIpc) is 3.66. The molecule has 1 aliphatic rings. The molecular formula is C29H27F3N2O5S. The molecular weight excluding hydrogens is 545 g/mol. The fraction of sp³-hybridized carbons (Fsp3) is 0.310. The molecule has 2 heterocycles. The first-order valence-corrected chi connectivity index (χ1v) is 13.7. The Kier molecular flexibility index (Phi) is 8.41. The minimum Gasteiger partial charge on any atom is -0.491 e. The third kappa shape index (κ3) is 5.71. The van der Waals surface area contributed by atoms with Gasteiger partial charge in [0.25, 0.3) is 5.56 Å². The number of thiazole rings is 1. The second-order valence-corrected chi connectivity index (χ2v) is 9.98. The maximum absolute atomic E-state index is 15.2. The van der Waals surface area contributed by atoms with Crippen molar-refractivity contribution in [3.8, 4) is 28.4 Å². The highest BCUT2D eigenvalue weighted by molar-refractivity contribution is 7.15. The Labute approximate surface area is 232 Å². The van der Waals surface area contributed by atoms with E-state index in [0.29, 0.717) is 54.4 Å². The molecule has 1 saturated carbocycles. The molecule has 1 fully saturated rings. The zero-order valence-electron chi connectivity index (χ0n) is 21.9. The quantitative estimate of drug-likeness (QED) is 0.148. The standard InChI is InChI=1S/C29H27F3N2O5S/c1-3-37-12-13-38-22-6-4-5-18(26(22)39-16-17-7-8-17)9-10-21-23(28(35)34-11-14-40-29(34)33-21)19-15-20(30)27(36-2)25(32)24(19)31/h4-6,9-11,14-15,17H,3,7-8,12-13,16H2,1-2H3. The predicted molar refractivity (Wildman–Crippen MR) is 147 cm³/mol. The number of methoxy groups -OCH3 is 1. The minimum absolute atomic E-state index is 0.0335. The van der Waals surface area contributed by atoms with Crippen LogP contribution in [0.2, 0.25) is 0 Å². The summed E-state index contributed by atoms with van der Waals surface area (Å²) < 4.78 is 67.7. The SMILES string of the molecule is CCOCCOc1cccc(C=Cc2nc3sccn3c(=O)c2-c2cc(F)c(OC)c(F)c2F)c1OCC1CC1. The van der Waals surface area contributed by atoms with Crippen LogP contribution in [0.1, 0.15) is 31.0 Å². The van der Waals surface area contributed by atoms with Crippen LogP contribution in [0.15, 0.2) is 40.6 Å². The van der Waals surface area contributed by atoms with Crippen LogP contribution >= 0.6 is 11.3 Å². The summed E-state index contributed by atoms with van der Waals surface area (Å²) in [5.74, 6) is -3.46. The van der Waals surface area contributed by atoms with Gasteiger partial charge >= 0.3 is 0 Å². The second kappa shape index (κ2) is 12.1. The van der Waals surface area contributed by atoms with Crippen molar-refractivity contribution < 1.29 is 32.1 Å². The minimum atomic E-state index is -1.53. The Morgan fingerprint density at radius 3 is 2.67 bits per heavy atom. The van der Waals surface area contributed by atoms with Gasteiger partial charge in [-0.2, -0.15) is 4.39 Å². The summed E-state index contributed by atoms with van der Waals surface area (Å²) in [6.07, 6.45) is 6.81. The Bertz CT molecular complexity index is 1610. The van der Waals surface area contributed by atoms with Crippen molar-refractivity contribution >= 4 is 28.4 Å². The number of nitrogens with zero attached hydrogens (tertiary/aromatic N) is 2. The largest absolute Gasteiger partial charge is 0.491 e. The van der Waals surface area contributed by atoms with Crippen LogP contribution in [0.4, 0.5) is 13.2 Å². The van der Waals surface area contributed by atoms with E-state index >= 15 is 4.39 Å². The molecule has 0 N–H and O–H groups in total. The normalized spacial score (nSPS) is 13.3. The number of hydrogen-bond donors (Lipinski definition) is 0. The van der Waals surface area contributed by atoms with Crippen molar-refractivity contribution in [3.05, 3.63) is 74.9 Å². The van der Waals surface area contributed by atoms with Crippen LogP contribution in [-0.2, 0) is 4.74 Å². The molecule has 0 saturated heterocycles. The van der Waals surface area contributed by atoms with Crippen molar-refractivity contribution in [3.63, 3.8) is 0 Å². The van der Waals surface area contributed by atoms with Gasteiger partial charge in [-0.3, -0.25) is 9.20 Å². The maximum Gasteiger partial charge on any atom is 0.267 e. The average molecular weight is 573 g/mol. The summed E-state index contributed by atoms with van der Waals surface area (Å²) in [6, 6.07) is 6.12. The number of benzene rings is 2. The van der Waals surface area contributed by atoms with Gasteiger partial charge < -0.3 is 18.9 Å². The molecule has 210 valence electrons. The van der Waals surface area contributed by atoms with Crippen LogP contribution < -0.4 is 19.8 Å².